The number of hydrogen-bond donors (Lipinski definition) is 0. The lowest BCUT2D eigenvalue weighted by Gasteiger charge is -2.10. The maximum Gasteiger partial charge on any atom is 0.126 e. The van der Waals surface area contributed by atoms with Crippen molar-refractivity contribution in [2.24, 2.45) is 16.7 Å². The zero-order valence-electron chi connectivity index (χ0n) is 6.68. The van der Waals surface area contributed by atoms with E-state index >= 15 is 0 Å². The molecule has 2 aliphatic rings. The Kier molecular flexibility index (Phi) is 0.934. The molecule has 0 amide bonds. The molecule has 0 aromatic heterocycles. The summed E-state index contributed by atoms with van der Waals surface area (Å²) < 4.78 is 0. The minimum atomic E-state index is 0.118. The second-order valence-corrected chi connectivity index (χ2v) is 4.49. The third kappa shape index (κ3) is 0.561. The van der Waals surface area contributed by atoms with Gasteiger partial charge in [0, 0.05) is 5.41 Å². The molecule has 2 fully saturated rings. The van der Waals surface area contributed by atoms with Crippen molar-refractivity contribution in [2.45, 2.75) is 33.1 Å². The largest absolute Gasteiger partial charge is 0.303 e. The summed E-state index contributed by atoms with van der Waals surface area (Å²) in [6.45, 7) is 4.42. The van der Waals surface area contributed by atoms with Crippen molar-refractivity contribution in [3.8, 4) is 0 Å². The quantitative estimate of drug-likeness (QED) is 0.533. The van der Waals surface area contributed by atoms with E-state index in [9.17, 15) is 4.79 Å². The van der Waals surface area contributed by atoms with Crippen molar-refractivity contribution in [2.75, 3.05) is 0 Å². The van der Waals surface area contributed by atoms with E-state index in [1.807, 2.05) is 0 Å². The van der Waals surface area contributed by atoms with Crippen LogP contribution in [0.1, 0.15) is 33.1 Å². The molecule has 0 heterocycles. The summed E-state index contributed by atoms with van der Waals surface area (Å²) in [4.78, 5) is 10.8. The number of carbonyl (C=O) groups is 1. The maximum absolute atomic E-state index is 10.8. The molecule has 0 aliphatic heterocycles. The highest BCUT2D eigenvalue weighted by atomic mass is 16.1. The van der Waals surface area contributed by atoms with Gasteiger partial charge in [-0.3, -0.25) is 0 Å². The van der Waals surface area contributed by atoms with Gasteiger partial charge in [-0.2, -0.15) is 0 Å². The molecular weight excluding hydrogens is 124 g/mol. The van der Waals surface area contributed by atoms with Crippen LogP contribution in [-0.4, -0.2) is 6.29 Å². The standard InChI is InChI=1S/C9H14O/c1-8(2)5-9(8,6-10)7-3-4-7/h6-7H,3-5H2,1-2H3. The predicted molar refractivity (Wildman–Crippen MR) is 39.6 cm³/mol. The van der Waals surface area contributed by atoms with E-state index in [1.165, 1.54) is 19.1 Å². The summed E-state index contributed by atoms with van der Waals surface area (Å²) in [6, 6.07) is 0. The molecule has 0 N–H and O–H groups in total. The first-order valence-corrected chi connectivity index (χ1v) is 4.09. The molecule has 0 radical (unpaired) electrons. The van der Waals surface area contributed by atoms with Crippen LogP contribution < -0.4 is 0 Å². The summed E-state index contributed by atoms with van der Waals surface area (Å²) in [7, 11) is 0. The SMILES string of the molecule is CC1(C)CC1(C=O)C1CC1. The third-order valence-corrected chi connectivity index (χ3v) is 3.39. The minimum absolute atomic E-state index is 0.118. The molecule has 0 aromatic rings. The van der Waals surface area contributed by atoms with Crippen molar-refractivity contribution in [3.05, 3.63) is 0 Å². The molecule has 0 saturated heterocycles. The van der Waals surface area contributed by atoms with Gasteiger partial charge in [0.15, 0.2) is 0 Å². The molecule has 2 rings (SSSR count). The van der Waals surface area contributed by atoms with E-state index in [4.69, 9.17) is 0 Å². The molecule has 1 unspecified atom stereocenters. The van der Waals surface area contributed by atoms with Crippen molar-refractivity contribution < 1.29 is 4.79 Å². The van der Waals surface area contributed by atoms with Crippen molar-refractivity contribution in [1.82, 2.24) is 0 Å². The lowest BCUT2D eigenvalue weighted by molar-refractivity contribution is -0.113. The normalized spacial score (nSPS) is 43.0. The average molecular weight is 138 g/mol. The van der Waals surface area contributed by atoms with E-state index < -0.39 is 0 Å². The summed E-state index contributed by atoms with van der Waals surface area (Å²) >= 11 is 0. The molecule has 0 aromatic carbocycles. The summed E-state index contributed by atoms with van der Waals surface area (Å²) in [5.41, 5.74) is 0.447. The Hall–Kier alpha value is -0.330. The second kappa shape index (κ2) is 1.46. The Bertz CT molecular complexity index is 179. The first-order chi connectivity index (χ1) is 4.62. The second-order valence-electron chi connectivity index (χ2n) is 4.49. The van der Waals surface area contributed by atoms with Crippen LogP contribution in [0.4, 0.5) is 0 Å². The fourth-order valence-electron chi connectivity index (χ4n) is 2.28. The van der Waals surface area contributed by atoms with Gasteiger partial charge < -0.3 is 4.79 Å². The molecule has 56 valence electrons. The molecule has 10 heavy (non-hydrogen) atoms. The zero-order chi connectivity index (χ0) is 7.41. The highest BCUT2D eigenvalue weighted by Crippen LogP contribution is 2.71. The third-order valence-electron chi connectivity index (χ3n) is 3.39. The molecular formula is C9H14O. The van der Waals surface area contributed by atoms with Gasteiger partial charge >= 0.3 is 0 Å². The summed E-state index contributed by atoms with van der Waals surface area (Å²) in [6.07, 6.45) is 4.93. The van der Waals surface area contributed by atoms with E-state index in [-0.39, 0.29) is 5.41 Å². The maximum atomic E-state index is 10.8. The lowest BCUT2D eigenvalue weighted by atomic mass is 9.92. The fraction of sp³-hybridized carbons (Fsp3) is 0.889. The molecule has 1 heteroatoms. The first kappa shape index (κ1) is 6.38. The van der Waals surface area contributed by atoms with Crippen molar-refractivity contribution >= 4 is 6.29 Å². The van der Waals surface area contributed by atoms with Gasteiger partial charge in [0.2, 0.25) is 0 Å². The lowest BCUT2D eigenvalue weighted by Crippen LogP contribution is -2.12. The van der Waals surface area contributed by atoms with Gasteiger partial charge in [-0.1, -0.05) is 13.8 Å². The van der Waals surface area contributed by atoms with E-state index in [0.717, 1.165) is 12.3 Å². The van der Waals surface area contributed by atoms with Crippen LogP contribution in [0.5, 0.6) is 0 Å². The van der Waals surface area contributed by atoms with Crippen LogP contribution in [0.15, 0.2) is 0 Å². The number of rotatable bonds is 2. The van der Waals surface area contributed by atoms with Crippen LogP contribution in [0.2, 0.25) is 0 Å². The Morgan fingerprint density at radius 3 is 2.00 bits per heavy atom. The van der Waals surface area contributed by atoms with Crippen LogP contribution in [0, 0.1) is 16.7 Å². The van der Waals surface area contributed by atoms with Gasteiger partial charge in [0.25, 0.3) is 0 Å². The Morgan fingerprint density at radius 2 is 1.90 bits per heavy atom. The molecule has 0 spiro atoms. The van der Waals surface area contributed by atoms with Crippen molar-refractivity contribution in [1.29, 1.82) is 0 Å². The van der Waals surface area contributed by atoms with E-state index in [1.54, 1.807) is 0 Å². The van der Waals surface area contributed by atoms with E-state index in [2.05, 4.69) is 13.8 Å². The van der Waals surface area contributed by atoms with Crippen LogP contribution in [0.25, 0.3) is 0 Å². The minimum Gasteiger partial charge on any atom is -0.303 e. The van der Waals surface area contributed by atoms with Crippen LogP contribution >= 0.6 is 0 Å². The summed E-state index contributed by atoms with van der Waals surface area (Å²) in [5.74, 6) is 0.750. The smallest absolute Gasteiger partial charge is 0.126 e. The van der Waals surface area contributed by atoms with Crippen molar-refractivity contribution in [3.63, 3.8) is 0 Å². The Balaban J connectivity index is 2.19. The van der Waals surface area contributed by atoms with E-state index in [0.29, 0.717) is 5.41 Å². The highest BCUT2D eigenvalue weighted by Gasteiger charge is 2.67. The first-order valence-electron chi connectivity index (χ1n) is 4.09. The zero-order valence-corrected chi connectivity index (χ0v) is 6.68. The van der Waals surface area contributed by atoms with Gasteiger partial charge in [-0.15, -0.1) is 0 Å². The predicted octanol–water partition coefficient (Wildman–Crippen LogP) is 2.01. The molecule has 1 nitrogen and oxygen atoms in total. The number of hydrogen-bond acceptors (Lipinski definition) is 1. The Labute approximate surface area is 61.8 Å². The van der Waals surface area contributed by atoms with Gasteiger partial charge in [0.05, 0.1) is 0 Å². The topological polar surface area (TPSA) is 17.1 Å². The fourth-order valence-corrected chi connectivity index (χ4v) is 2.28. The van der Waals surface area contributed by atoms with Crippen LogP contribution in [0.3, 0.4) is 0 Å². The molecule has 2 saturated carbocycles. The van der Waals surface area contributed by atoms with Gasteiger partial charge in [-0.05, 0) is 30.6 Å². The Morgan fingerprint density at radius 1 is 1.40 bits per heavy atom. The van der Waals surface area contributed by atoms with Gasteiger partial charge in [-0.25, -0.2) is 0 Å². The van der Waals surface area contributed by atoms with Crippen LogP contribution in [-0.2, 0) is 4.79 Å². The summed E-state index contributed by atoms with van der Waals surface area (Å²) in [5, 5.41) is 0. The molecule has 1 atom stereocenters. The molecule has 2 aliphatic carbocycles. The number of aldehydes is 1. The van der Waals surface area contributed by atoms with Gasteiger partial charge in [0.1, 0.15) is 6.29 Å². The highest BCUT2D eigenvalue weighted by molar-refractivity contribution is 5.67. The number of carbonyl (C=O) groups excluding carboxylic acids is 1. The monoisotopic (exact) mass is 138 g/mol. The average Bonchev–Trinajstić information content (AvgIpc) is 2.64. The molecule has 0 bridgehead atoms.